The van der Waals surface area contributed by atoms with Crippen LogP contribution in [0.1, 0.15) is 37.6 Å². The summed E-state index contributed by atoms with van der Waals surface area (Å²) >= 11 is 0. The lowest BCUT2D eigenvalue weighted by Gasteiger charge is -2.10. The van der Waals surface area contributed by atoms with E-state index in [-0.39, 0.29) is 0 Å². The Morgan fingerprint density at radius 3 is 2.82 bits per heavy atom. The second-order valence-corrected chi connectivity index (χ2v) is 5.50. The van der Waals surface area contributed by atoms with Crippen LogP contribution in [-0.4, -0.2) is 29.3 Å². The first-order valence-corrected chi connectivity index (χ1v) is 8.20. The maximum Gasteiger partial charge on any atom is 0.137 e. The van der Waals surface area contributed by atoms with Gasteiger partial charge in [0.1, 0.15) is 5.82 Å². The highest BCUT2D eigenvalue weighted by Gasteiger charge is 2.04. The monoisotopic (exact) mass is 301 g/mol. The van der Waals surface area contributed by atoms with Gasteiger partial charge in [0.2, 0.25) is 0 Å². The highest BCUT2D eigenvalue weighted by atomic mass is 16.5. The van der Waals surface area contributed by atoms with Crippen molar-refractivity contribution < 1.29 is 4.74 Å². The van der Waals surface area contributed by atoms with Crippen molar-refractivity contribution in [1.82, 2.24) is 14.9 Å². The summed E-state index contributed by atoms with van der Waals surface area (Å²) in [5.74, 6) is 0.977. The fourth-order valence-corrected chi connectivity index (χ4v) is 2.31. The average Bonchev–Trinajstić information content (AvgIpc) is 2.98. The largest absolute Gasteiger partial charge is 0.381 e. The normalized spacial score (nSPS) is 11.0. The molecule has 0 spiro atoms. The van der Waals surface area contributed by atoms with E-state index in [9.17, 15) is 0 Å². The molecule has 0 aliphatic heterocycles. The minimum absolute atomic E-state index is 0.841. The smallest absolute Gasteiger partial charge is 0.137 e. The van der Waals surface area contributed by atoms with E-state index in [0.29, 0.717) is 0 Å². The number of aromatic nitrogens is 2. The minimum atomic E-state index is 0.841. The lowest BCUT2D eigenvalue weighted by molar-refractivity contribution is 0.128. The van der Waals surface area contributed by atoms with E-state index < -0.39 is 0 Å². The Hall–Kier alpha value is -1.65. The van der Waals surface area contributed by atoms with E-state index in [0.717, 1.165) is 50.7 Å². The molecule has 0 amide bonds. The quantitative estimate of drug-likeness (QED) is 0.683. The van der Waals surface area contributed by atoms with Gasteiger partial charge in [0, 0.05) is 37.3 Å². The summed E-state index contributed by atoms with van der Waals surface area (Å²) in [5, 5.41) is 3.47. The molecule has 0 aliphatic rings. The van der Waals surface area contributed by atoms with Gasteiger partial charge in [0.05, 0.1) is 0 Å². The predicted octanol–water partition coefficient (Wildman–Crippen LogP) is 3.48. The number of pyridine rings is 1. The van der Waals surface area contributed by atoms with E-state index in [1.165, 1.54) is 12.1 Å². The third-order valence-electron chi connectivity index (χ3n) is 3.54. The van der Waals surface area contributed by atoms with Crippen molar-refractivity contribution in [2.45, 2.75) is 39.7 Å². The van der Waals surface area contributed by atoms with E-state index in [2.05, 4.69) is 40.1 Å². The van der Waals surface area contributed by atoms with Gasteiger partial charge in [-0.15, -0.1) is 0 Å². The van der Waals surface area contributed by atoms with Gasteiger partial charge in [0.15, 0.2) is 0 Å². The molecule has 22 heavy (non-hydrogen) atoms. The van der Waals surface area contributed by atoms with Crippen molar-refractivity contribution in [2.24, 2.45) is 0 Å². The number of rotatable bonds is 10. The Morgan fingerprint density at radius 1 is 1.14 bits per heavy atom. The molecule has 0 saturated carbocycles. The molecule has 0 aliphatic carbocycles. The summed E-state index contributed by atoms with van der Waals surface area (Å²) < 4.78 is 7.70. The van der Waals surface area contributed by atoms with E-state index in [4.69, 9.17) is 4.74 Å². The summed E-state index contributed by atoms with van der Waals surface area (Å²) in [6, 6.07) is 10.3. The zero-order valence-electron chi connectivity index (χ0n) is 13.7. The van der Waals surface area contributed by atoms with E-state index >= 15 is 0 Å². The molecule has 0 fully saturated rings. The maximum atomic E-state index is 5.56. The molecule has 0 atom stereocenters. The summed E-state index contributed by atoms with van der Waals surface area (Å²) in [6.07, 6.45) is 5.46. The molecule has 120 valence electrons. The van der Waals surface area contributed by atoms with Crippen molar-refractivity contribution in [3.05, 3.63) is 47.9 Å². The molecule has 1 N–H and O–H groups in total. The topological polar surface area (TPSA) is 39.1 Å². The Balaban J connectivity index is 1.74. The number of hydrogen-bond acceptors (Lipinski definition) is 3. The van der Waals surface area contributed by atoms with Crippen molar-refractivity contribution >= 4 is 0 Å². The van der Waals surface area contributed by atoms with Gasteiger partial charge >= 0.3 is 0 Å². The second kappa shape index (κ2) is 9.38. The van der Waals surface area contributed by atoms with Crippen LogP contribution >= 0.6 is 0 Å². The average molecular weight is 301 g/mol. The molecule has 0 saturated heterocycles. The van der Waals surface area contributed by atoms with Crippen LogP contribution in [0.5, 0.6) is 0 Å². The molecule has 2 aromatic heterocycles. The fourth-order valence-electron chi connectivity index (χ4n) is 2.31. The lowest BCUT2D eigenvalue weighted by atomic mass is 10.3. The van der Waals surface area contributed by atoms with Crippen molar-refractivity contribution in [3.8, 4) is 5.82 Å². The van der Waals surface area contributed by atoms with Crippen LogP contribution in [0.4, 0.5) is 0 Å². The van der Waals surface area contributed by atoms with Gasteiger partial charge in [-0.25, -0.2) is 4.98 Å². The minimum Gasteiger partial charge on any atom is -0.381 e. The zero-order chi connectivity index (χ0) is 15.6. The SMILES string of the molecule is CCCCOCCCNCc1cccn1-c1cccc(C)n1. The third kappa shape index (κ3) is 5.28. The summed E-state index contributed by atoms with van der Waals surface area (Å²) in [5.41, 5.74) is 2.26. The number of ether oxygens (including phenoxy) is 1. The Bertz CT molecular complexity index is 551. The zero-order valence-corrected chi connectivity index (χ0v) is 13.7. The highest BCUT2D eigenvalue weighted by molar-refractivity contribution is 5.29. The van der Waals surface area contributed by atoms with Gasteiger partial charge in [-0.05, 0) is 50.6 Å². The van der Waals surface area contributed by atoms with Crippen LogP contribution in [0, 0.1) is 6.92 Å². The van der Waals surface area contributed by atoms with Gasteiger partial charge in [-0.1, -0.05) is 19.4 Å². The number of unbranched alkanes of at least 4 members (excludes halogenated alkanes) is 1. The van der Waals surface area contributed by atoms with Crippen LogP contribution in [0.25, 0.3) is 5.82 Å². The van der Waals surface area contributed by atoms with Gasteiger partial charge in [-0.3, -0.25) is 0 Å². The first-order valence-electron chi connectivity index (χ1n) is 8.20. The summed E-state index contributed by atoms with van der Waals surface area (Å²) in [6.45, 7) is 7.74. The first-order chi connectivity index (χ1) is 10.8. The van der Waals surface area contributed by atoms with Crippen LogP contribution in [-0.2, 0) is 11.3 Å². The Morgan fingerprint density at radius 2 is 2.00 bits per heavy atom. The standard InChI is InChI=1S/C18H27N3O/c1-3-4-13-22-14-7-11-19-15-17-9-6-12-21(17)18-10-5-8-16(2)20-18/h5-6,8-10,12,19H,3-4,7,11,13-15H2,1-2H3. The Labute approximate surface area is 133 Å². The fraction of sp³-hybridized carbons (Fsp3) is 0.500. The van der Waals surface area contributed by atoms with Crippen molar-refractivity contribution in [1.29, 1.82) is 0 Å². The molecule has 4 nitrogen and oxygen atoms in total. The van der Waals surface area contributed by atoms with Crippen molar-refractivity contribution in [2.75, 3.05) is 19.8 Å². The molecule has 0 radical (unpaired) electrons. The highest BCUT2D eigenvalue weighted by Crippen LogP contribution is 2.11. The van der Waals surface area contributed by atoms with Gasteiger partial charge in [-0.2, -0.15) is 0 Å². The van der Waals surface area contributed by atoms with Crippen LogP contribution in [0.15, 0.2) is 36.5 Å². The molecule has 0 aromatic carbocycles. The number of nitrogens with one attached hydrogen (secondary N) is 1. The lowest BCUT2D eigenvalue weighted by Crippen LogP contribution is -2.18. The summed E-state index contributed by atoms with van der Waals surface area (Å²) in [4.78, 5) is 4.58. The molecule has 0 unspecified atom stereocenters. The maximum absolute atomic E-state index is 5.56. The van der Waals surface area contributed by atoms with Crippen LogP contribution in [0.3, 0.4) is 0 Å². The molecular weight excluding hydrogens is 274 g/mol. The predicted molar refractivity (Wildman–Crippen MR) is 90.4 cm³/mol. The van der Waals surface area contributed by atoms with E-state index in [1.54, 1.807) is 0 Å². The Kier molecular flexibility index (Phi) is 7.13. The molecule has 4 heteroatoms. The van der Waals surface area contributed by atoms with Gasteiger partial charge < -0.3 is 14.6 Å². The second-order valence-electron chi connectivity index (χ2n) is 5.50. The summed E-state index contributed by atoms with van der Waals surface area (Å²) in [7, 11) is 0. The number of nitrogens with zero attached hydrogens (tertiary/aromatic N) is 2. The molecule has 2 aromatic rings. The van der Waals surface area contributed by atoms with Gasteiger partial charge in [0.25, 0.3) is 0 Å². The molecule has 2 heterocycles. The number of aryl methyl sites for hydroxylation is 1. The van der Waals surface area contributed by atoms with Crippen molar-refractivity contribution in [3.63, 3.8) is 0 Å². The van der Waals surface area contributed by atoms with Crippen LogP contribution < -0.4 is 5.32 Å². The first kappa shape index (κ1) is 16.7. The molecule has 0 bridgehead atoms. The molecule has 2 rings (SSSR count). The van der Waals surface area contributed by atoms with E-state index in [1.807, 2.05) is 25.1 Å². The third-order valence-corrected chi connectivity index (χ3v) is 3.54. The van der Waals surface area contributed by atoms with Crippen LogP contribution in [0.2, 0.25) is 0 Å². The number of hydrogen-bond donors (Lipinski definition) is 1. The molecular formula is C18H27N3O.